The summed E-state index contributed by atoms with van der Waals surface area (Å²) in [5.74, 6) is -0.275. The smallest absolute Gasteiger partial charge is 0.338 e. The van der Waals surface area contributed by atoms with E-state index in [4.69, 9.17) is 0 Å². The highest BCUT2D eigenvalue weighted by Gasteiger charge is 2.36. The summed E-state index contributed by atoms with van der Waals surface area (Å²) in [6.07, 6.45) is 0. The Morgan fingerprint density at radius 2 is 1.94 bits per heavy atom. The van der Waals surface area contributed by atoms with Crippen LogP contribution < -0.4 is 0 Å². The Bertz CT molecular complexity index is 462. The Morgan fingerprint density at radius 1 is 1.25 bits per heavy atom. The van der Waals surface area contributed by atoms with Crippen molar-refractivity contribution >= 4 is 11.8 Å². The van der Waals surface area contributed by atoms with Crippen molar-refractivity contribution in [2.24, 2.45) is 5.92 Å². The molecule has 2 rings (SSSR count). The van der Waals surface area contributed by atoms with Crippen LogP contribution in [-0.4, -0.2) is 18.9 Å². The summed E-state index contributed by atoms with van der Waals surface area (Å²) >= 11 is 0. The van der Waals surface area contributed by atoms with Crippen LogP contribution in [-0.2, 0) is 4.74 Å². The first kappa shape index (κ1) is 10.9. The van der Waals surface area contributed by atoms with Crippen LogP contribution in [0.1, 0.15) is 46.0 Å². The average molecular weight is 218 g/mol. The summed E-state index contributed by atoms with van der Waals surface area (Å²) in [6, 6.07) is 5.36. The highest BCUT2D eigenvalue weighted by molar-refractivity contribution is 6.10. The van der Waals surface area contributed by atoms with Crippen LogP contribution in [0.5, 0.6) is 0 Å². The number of rotatable bonds is 1. The fraction of sp³-hybridized carbons (Fsp3) is 0.385. The number of Topliss-reactive ketones (excluding diaryl/α,β-unsaturated/α-hetero) is 1. The molecule has 0 heterocycles. The predicted molar refractivity (Wildman–Crippen MR) is 59.7 cm³/mol. The summed E-state index contributed by atoms with van der Waals surface area (Å²) in [4.78, 5) is 23.6. The van der Waals surface area contributed by atoms with Gasteiger partial charge in [-0.1, -0.05) is 26.0 Å². The number of ether oxygens (including phenoxy) is 1. The lowest BCUT2D eigenvalue weighted by Gasteiger charge is -2.07. The van der Waals surface area contributed by atoms with E-state index in [0.29, 0.717) is 11.1 Å². The molecule has 3 nitrogen and oxygen atoms in total. The SMILES string of the molecule is COC(=O)c1cccc2c1C(=O)C(C)C2C. The van der Waals surface area contributed by atoms with Crippen molar-refractivity contribution in [3.05, 3.63) is 34.9 Å². The number of carbonyl (C=O) groups excluding carboxylic acids is 2. The normalized spacial score (nSPS) is 23.1. The van der Waals surface area contributed by atoms with Crippen molar-refractivity contribution in [2.45, 2.75) is 19.8 Å². The van der Waals surface area contributed by atoms with Gasteiger partial charge in [0.15, 0.2) is 5.78 Å². The summed E-state index contributed by atoms with van der Waals surface area (Å²) in [7, 11) is 1.33. The Hall–Kier alpha value is -1.64. The topological polar surface area (TPSA) is 43.4 Å². The molecule has 84 valence electrons. The lowest BCUT2D eigenvalue weighted by Crippen LogP contribution is -2.11. The molecule has 3 heteroatoms. The number of ketones is 1. The zero-order valence-electron chi connectivity index (χ0n) is 9.61. The first-order chi connectivity index (χ1) is 7.57. The minimum Gasteiger partial charge on any atom is -0.465 e. The Morgan fingerprint density at radius 3 is 2.56 bits per heavy atom. The van der Waals surface area contributed by atoms with Crippen LogP contribution >= 0.6 is 0 Å². The highest BCUT2D eigenvalue weighted by atomic mass is 16.5. The second-order valence-corrected chi connectivity index (χ2v) is 4.20. The predicted octanol–water partition coefficient (Wildman–Crippen LogP) is 2.41. The van der Waals surface area contributed by atoms with Crippen molar-refractivity contribution in [3.8, 4) is 0 Å². The van der Waals surface area contributed by atoms with Gasteiger partial charge in [0.2, 0.25) is 0 Å². The van der Waals surface area contributed by atoms with Crippen molar-refractivity contribution in [2.75, 3.05) is 7.11 Å². The van der Waals surface area contributed by atoms with Crippen LogP contribution in [0.2, 0.25) is 0 Å². The quantitative estimate of drug-likeness (QED) is 0.680. The highest BCUT2D eigenvalue weighted by Crippen LogP contribution is 2.38. The summed E-state index contributed by atoms with van der Waals surface area (Å²) in [6.45, 7) is 3.91. The third-order valence-corrected chi connectivity index (χ3v) is 3.40. The number of hydrogen-bond donors (Lipinski definition) is 0. The van der Waals surface area contributed by atoms with E-state index in [1.54, 1.807) is 12.1 Å². The molecular formula is C13H14O3. The van der Waals surface area contributed by atoms with Gasteiger partial charge in [0.05, 0.1) is 12.7 Å². The molecule has 1 aliphatic rings. The van der Waals surface area contributed by atoms with E-state index in [9.17, 15) is 9.59 Å². The van der Waals surface area contributed by atoms with Crippen LogP contribution in [0.15, 0.2) is 18.2 Å². The number of methoxy groups -OCH3 is 1. The second-order valence-electron chi connectivity index (χ2n) is 4.20. The Balaban J connectivity index is 2.62. The standard InChI is InChI=1S/C13H14O3/c1-7-8(2)12(14)11-9(7)5-4-6-10(11)13(15)16-3/h4-8H,1-3H3. The first-order valence-corrected chi connectivity index (χ1v) is 5.33. The number of fused-ring (bicyclic) bond motifs is 1. The van der Waals surface area contributed by atoms with Crippen LogP contribution in [0.25, 0.3) is 0 Å². The van der Waals surface area contributed by atoms with Crippen LogP contribution in [0.4, 0.5) is 0 Å². The van der Waals surface area contributed by atoms with Crippen molar-refractivity contribution in [3.63, 3.8) is 0 Å². The molecule has 0 aliphatic heterocycles. The molecule has 2 atom stereocenters. The molecule has 2 unspecified atom stereocenters. The molecule has 0 N–H and O–H groups in total. The van der Waals surface area contributed by atoms with Crippen molar-refractivity contribution in [1.29, 1.82) is 0 Å². The van der Waals surface area contributed by atoms with Crippen molar-refractivity contribution in [1.82, 2.24) is 0 Å². The minimum absolute atomic E-state index is 0.0449. The van der Waals surface area contributed by atoms with E-state index in [1.165, 1.54) is 7.11 Å². The molecule has 16 heavy (non-hydrogen) atoms. The molecular weight excluding hydrogens is 204 g/mol. The fourth-order valence-electron chi connectivity index (χ4n) is 2.23. The summed E-state index contributed by atoms with van der Waals surface area (Å²) in [5.41, 5.74) is 1.90. The van der Waals surface area contributed by atoms with Gasteiger partial charge >= 0.3 is 5.97 Å². The molecule has 0 radical (unpaired) electrons. The van der Waals surface area contributed by atoms with Gasteiger partial charge in [-0.2, -0.15) is 0 Å². The van der Waals surface area contributed by atoms with Gasteiger partial charge in [-0.25, -0.2) is 4.79 Å². The van der Waals surface area contributed by atoms with Gasteiger partial charge in [-0.05, 0) is 17.5 Å². The average Bonchev–Trinajstić information content (AvgIpc) is 2.54. The fourth-order valence-corrected chi connectivity index (χ4v) is 2.23. The number of hydrogen-bond acceptors (Lipinski definition) is 3. The maximum atomic E-state index is 12.0. The van der Waals surface area contributed by atoms with E-state index in [2.05, 4.69) is 4.74 Å². The lowest BCUT2D eigenvalue weighted by molar-refractivity contribution is 0.0597. The number of benzene rings is 1. The third kappa shape index (κ3) is 1.35. The molecule has 0 aromatic heterocycles. The van der Waals surface area contributed by atoms with Gasteiger partial charge in [0.25, 0.3) is 0 Å². The molecule has 0 spiro atoms. The second kappa shape index (κ2) is 3.74. The minimum atomic E-state index is -0.438. The molecule has 1 aromatic carbocycles. The molecule has 0 amide bonds. The Kier molecular flexibility index (Phi) is 2.54. The van der Waals surface area contributed by atoms with E-state index >= 15 is 0 Å². The van der Waals surface area contributed by atoms with Gasteiger partial charge in [-0.3, -0.25) is 4.79 Å². The molecule has 0 saturated carbocycles. The summed E-state index contributed by atoms with van der Waals surface area (Å²) < 4.78 is 4.69. The van der Waals surface area contributed by atoms with Crippen LogP contribution in [0.3, 0.4) is 0 Å². The number of esters is 1. The van der Waals surface area contributed by atoms with E-state index < -0.39 is 5.97 Å². The molecule has 1 aromatic rings. The molecule has 1 aliphatic carbocycles. The van der Waals surface area contributed by atoms with Gasteiger partial charge in [0.1, 0.15) is 0 Å². The zero-order valence-corrected chi connectivity index (χ0v) is 9.61. The lowest BCUT2D eigenvalue weighted by atomic mass is 9.96. The van der Waals surface area contributed by atoms with E-state index in [1.807, 2.05) is 19.9 Å². The zero-order chi connectivity index (χ0) is 11.9. The maximum absolute atomic E-state index is 12.0. The van der Waals surface area contributed by atoms with Gasteiger partial charge in [-0.15, -0.1) is 0 Å². The molecule has 0 saturated heterocycles. The van der Waals surface area contributed by atoms with Gasteiger partial charge in [0, 0.05) is 11.5 Å². The van der Waals surface area contributed by atoms with E-state index in [-0.39, 0.29) is 17.6 Å². The maximum Gasteiger partial charge on any atom is 0.338 e. The molecule has 0 bridgehead atoms. The Labute approximate surface area is 94.4 Å². The van der Waals surface area contributed by atoms with Crippen LogP contribution in [0, 0.1) is 5.92 Å². The van der Waals surface area contributed by atoms with Gasteiger partial charge < -0.3 is 4.74 Å². The third-order valence-electron chi connectivity index (χ3n) is 3.40. The largest absolute Gasteiger partial charge is 0.465 e. The van der Waals surface area contributed by atoms with E-state index in [0.717, 1.165) is 5.56 Å². The first-order valence-electron chi connectivity index (χ1n) is 5.33. The number of carbonyl (C=O) groups is 2. The monoisotopic (exact) mass is 218 g/mol. The molecule has 0 fully saturated rings. The summed E-state index contributed by atoms with van der Waals surface area (Å²) in [5, 5.41) is 0. The van der Waals surface area contributed by atoms with Crippen molar-refractivity contribution < 1.29 is 14.3 Å².